The zero-order valence-electron chi connectivity index (χ0n) is 41.8. The zero-order valence-corrected chi connectivity index (χ0v) is 42.7. The molecule has 0 fully saturated rings. The summed E-state index contributed by atoms with van der Waals surface area (Å²) in [7, 11) is 1.54. The average Bonchev–Trinajstić information content (AvgIpc) is 3.24. The van der Waals surface area contributed by atoms with E-state index in [2.05, 4.69) is 67.8 Å². The first kappa shape index (κ1) is 61.2. The number of hydrogen-bond donors (Lipinski definition) is 3. The van der Waals surface area contributed by atoms with Gasteiger partial charge in [-0.1, -0.05) is 203 Å². The molecule has 3 unspecified atom stereocenters. The van der Waals surface area contributed by atoms with Crippen LogP contribution in [0.15, 0.2) is 60.8 Å². The van der Waals surface area contributed by atoms with Crippen molar-refractivity contribution in [3.8, 4) is 0 Å². The van der Waals surface area contributed by atoms with Crippen molar-refractivity contribution >= 4 is 13.7 Å². The molecule has 0 rings (SSSR count). The standard InChI is InChI=1S/C54H101N2O6P/c1-6-8-10-12-14-16-18-20-22-24-25-26-27-28-29-30-31-32-34-36-38-40-42-44-46-48-54(58)55-52(51-62-63(59,60)61-50-49-56(3,4)5)53(57)47-45-43-41-39-37-35-33-23-21-19-17-15-13-11-9-7-2/h21,23,25-26,28-29,37,39,45,47,52-53,57H,6-20,22,24,27,30-36,38,40-44,46,48-51H2,1-5H3,(H-,55,58,59,60)/p+1/b23-21+,26-25-,29-28-,39-37+,47-45+. The molecule has 0 aromatic heterocycles. The van der Waals surface area contributed by atoms with Crippen LogP contribution in [-0.2, 0) is 18.4 Å². The monoisotopic (exact) mass is 906 g/mol. The minimum absolute atomic E-state index is 0.0507. The highest BCUT2D eigenvalue weighted by Gasteiger charge is 2.27. The van der Waals surface area contributed by atoms with Gasteiger partial charge in [0, 0.05) is 6.42 Å². The molecule has 0 aromatic rings. The van der Waals surface area contributed by atoms with Gasteiger partial charge in [-0.2, -0.15) is 0 Å². The van der Waals surface area contributed by atoms with Crippen LogP contribution in [0.3, 0.4) is 0 Å². The fourth-order valence-corrected chi connectivity index (χ4v) is 8.02. The number of aliphatic hydroxyl groups is 1. The Bertz CT molecular complexity index is 1210. The van der Waals surface area contributed by atoms with Gasteiger partial charge >= 0.3 is 7.82 Å². The third-order valence-corrected chi connectivity index (χ3v) is 12.4. The van der Waals surface area contributed by atoms with Crippen LogP contribution in [0, 0.1) is 0 Å². The molecule has 0 saturated heterocycles. The lowest BCUT2D eigenvalue weighted by Crippen LogP contribution is -2.45. The normalized spacial score (nSPS) is 14.6. The molecule has 0 aliphatic rings. The molecule has 0 saturated carbocycles. The fraction of sp³-hybridized carbons (Fsp3) is 0.796. The third-order valence-electron chi connectivity index (χ3n) is 11.4. The quantitative estimate of drug-likeness (QED) is 0.0243. The summed E-state index contributed by atoms with van der Waals surface area (Å²) in [5.41, 5.74) is 0. The summed E-state index contributed by atoms with van der Waals surface area (Å²) >= 11 is 0. The van der Waals surface area contributed by atoms with Crippen LogP contribution in [0.2, 0.25) is 0 Å². The molecule has 63 heavy (non-hydrogen) atoms. The van der Waals surface area contributed by atoms with Crippen molar-refractivity contribution in [3.05, 3.63) is 60.8 Å². The number of unbranched alkanes of at least 4 members (excludes halogenated alkanes) is 26. The summed E-state index contributed by atoms with van der Waals surface area (Å²) in [4.78, 5) is 23.2. The van der Waals surface area contributed by atoms with Gasteiger partial charge in [-0.05, 0) is 77.0 Å². The molecule has 0 aromatic carbocycles. The first-order valence-electron chi connectivity index (χ1n) is 26.2. The van der Waals surface area contributed by atoms with E-state index in [1.54, 1.807) is 6.08 Å². The Labute approximate surface area is 390 Å². The maximum Gasteiger partial charge on any atom is 0.472 e. The number of carbonyl (C=O) groups excluding carboxylic acids is 1. The zero-order chi connectivity index (χ0) is 46.4. The van der Waals surface area contributed by atoms with Gasteiger partial charge in [0.1, 0.15) is 13.2 Å². The topological polar surface area (TPSA) is 105 Å². The van der Waals surface area contributed by atoms with Crippen molar-refractivity contribution in [2.45, 2.75) is 238 Å². The van der Waals surface area contributed by atoms with E-state index in [1.165, 1.54) is 154 Å². The molecule has 3 N–H and O–H groups in total. The van der Waals surface area contributed by atoms with Gasteiger partial charge in [-0.15, -0.1) is 0 Å². The predicted molar refractivity (Wildman–Crippen MR) is 272 cm³/mol. The number of nitrogens with zero attached hydrogens (tertiary/aromatic N) is 1. The fourth-order valence-electron chi connectivity index (χ4n) is 7.28. The maximum atomic E-state index is 12.9. The number of hydrogen-bond acceptors (Lipinski definition) is 5. The van der Waals surface area contributed by atoms with Gasteiger partial charge in [0.05, 0.1) is 39.9 Å². The highest BCUT2D eigenvalue weighted by Crippen LogP contribution is 2.43. The van der Waals surface area contributed by atoms with Crippen LogP contribution in [0.1, 0.15) is 226 Å². The first-order valence-corrected chi connectivity index (χ1v) is 27.7. The molecular weight excluding hydrogens is 804 g/mol. The Kier molecular flexibility index (Phi) is 44.1. The van der Waals surface area contributed by atoms with Crippen molar-refractivity contribution in [3.63, 3.8) is 0 Å². The summed E-state index contributed by atoms with van der Waals surface area (Å²) in [5.74, 6) is -0.196. The van der Waals surface area contributed by atoms with Gasteiger partial charge in [0.25, 0.3) is 0 Å². The van der Waals surface area contributed by atoms with Crippen LogP contribution >= 0.6 is 7.82 Å². The van der Waals surface area contributed by atoms with E-state index in [1.807, 2.05) is 27.2 Å². The number of likely N-dealkylation sites (N-methyl/N-ethyl adjacent to an activating group) is 1. The predicted octanol–water partition coefficient (Wildman–Crippen LogP) is 15.4. The molecule has 0 heterocycles. The van der Waals surface area contributed by atoms with E-state index in [-0.39, 0.29) is 19.1 Å². The summed E-state index contributed by atoms with van der Waals surface area (Å²) in [6.45, 7) is 4.77. The molecule has 9 heteroatoms. The molecule has 0 bridgehead atoms. The number of nitrogens with one attached hydrogen (secondary N) is 1. The average molecular weight is 906 g/mol. The number of amides is 1. The minimum Gasteiger partial charge on any atom is -0.387 e. The molecule has 0 aliphatic carbocycles. The van der Waals surface area contributed by atoms with Gasteiger partial charge in [-0.25, -0.2) is 4.57 Å². The number of phosphoric ester groups is 1. The Morgan fingerprint density at radius 1 is 0.540 bits per heavy atom. The molecule has 1 amide bonds. The highest BCUT2D eigenvalue weighted by atomic mass is 31.2. The number of phosphoric acid groups is 1. The third kappa shape index (κ3) is 48.0. The Hall–Kier alpha value is -1.80. The second-order valence-corrected chi connectivity index (χ2v) is 20.3. The molecular formula is C54H102N2O6P+. The van der Waals surface area contributed by atoms with Crippen molar-refractivity contribution in [2.24, 2.45) is 0 Å². The van der Waals surface area contributed by atoms with Crippen molar-refractivity contribution < 1.29 is 32.9 Å². The molecule has 0 radical (unpaired) electrons. The van der Waals surface area contributed by atoms with Crippen molar-refractivity contribution in [2.75, 3.05) is 40.9 Å². The number of aliphatic hydroxyl groups excluding tert-OH is 1. The van der Waals surface area contributed by atoms with Gasteiger partial charge in [0.2, 0.25) is 5.91 Å². The Morgan fingerprint density at radius 3 is 1.37 bits per heavy atom. The summed E-state index contributed by atoms with van der Waals surface area (Å²) in [6, 6.07) is -0.874. The number of rotatable bonds is 47. The van der Waals surface area contributed by atoms with E-state index in [0.717, 1.165) is 51.4 Å². The van der Waals surface area contributed by atoms with Crippen LogP contribution < -0.4 is 5.32 Å². The Morgan fingerprint density at radius 2 is 0.921 bits per heavy atom. The van der Waals surface area contributed by atoms with Crippen LogP contribution in [0.25, 0.3) is 0 Å². The van der Waals surface area contributed by atoms with Crippen LogP contribution in [0.4, 0.5) is 0 Å². The summed E-state index contributed by atoms with van der Waals surface area (Å²) in [5, 5.41) is 13.8. The van der Waals surface area contributed by atoms with Gasteiger partial charge in [-0.3, -0.25) is 13.8 Å². The Balaban J connectivity index is 4.32. The van der Waals surface area contributed by atoms with E-state index in [9.17, 15) is 19.4 Å². The lowest BCUT2D eigenvalue weighted by molar-refractivity contribution is -0.870. The smallest absolute Gasteiger partial charge is 0.387 e. The SMILES string of the molecule is CCCCCCCC/C=C/CC/C=C/CC/C=C/C(O)C(COP(=O)(O)OCC[N+](C)(C)C)NC(=O)CCCCCCCCCCC/C=C\C/C=C\CCCCCCCCCCC. The molecule has 0 aliphatic heterocycles. The van der Waals surface area contributed by atoms with Crippen molar-refractivity contribution in [1.29, 1.82) is 0 Å². The van der Waals surface area contributed by atoms with Crippen LogP contribution in [0.5, 0.6) is 0 Å². The number of quaternary nitrogens is 1. The van der Waals surface area contributed by atoms with Crippen molar-refractivity contribution in [1.82, 2.24) is 5.32 Å². The number of carbonyl (C=O) groups is 1. The van der Waals surface area contributed by atoms with Gasteiger partial charge < -0.3 is 19.8 Å². The first-order chi connectivity index (χ1) is 30.5. The summed E-state index contributed by atoms with van der Waals surface area (Å²) in [6.07, 6.45) is 60.2. The second-order valence-electron chi connectivity index (χ2n) is 18.9. The second kappa shape index (κ2) is 45.4. The minimum atomic E-state index is -4.36. The molecule has 368 valence electrons. The number of allylic oxidation sites excluding steroid dienone is 9. The lowest BCUT2D eigenvalue weighted by atomic mass is 10.1. The van der Waals surface area contributed by atoms with Crippen LogP contribution in [-0.4, -0.2) is 73.4 Å². The van der Waals surface area contributed by atoms with E-state index in [4.69, 9.17) is 9.05 Å². The summed E-state index contributed by atoms with van der Waals surface area (Å²) < 4.78 is 23.6. The lowest BCUT2D eigenvalue weighted by Gasteiger charge is -2.25. The largest absolute Gasteiger partial charge is 0.472 e. The van der Waals surface area contributed by atoms with E-state index >= 15 is 0 Å². The molecule has 8 nitrogen and oxygen atoms in total. The molecule has 3 atom stereocenters. The van der Waals surface area contributed by atoms with Gasteiger partial charge in [0.15, 0.2) is 0 Å². The van der Waals surface area contributed by atoms with E-state index < -0.39 is 20.0 Å². The molecule has 0 spiro atoms. The van der Waals surface area contributed by atoms with E-state index in [0.29, 0.717) is 17.4 Å². The highest BCUT2D eigenvalue weighted by molar-refractivity contribution is 7.47. The maximum absolute atomic E-state index is 12.9.